The molecule has 0 radical (unpaired) electrons. The van der Waals surface area contributed by atoms with Gasteiger partial charge in [0.05, 0.1) is 18.6 Å². The topological polar surface area (TPSA) is 118 Å². The van der Waals surface area contributed by atoms with E-state index in [9.17, 15) is 14.4 Å². The van der Waals surface area contributed by atoms with Crippen LogP contribution in [0.1, 0.15) is 56.6 Å². The number of aromatic nitrogens is 1. The number of carbonyl (C=O) groups is 3. The predicted octanol–water partition coefficient (Wildman–Crippen LogP) is 2.42. The Bertz CT molecular complexity index is 797. The van der Waals surface area contributed by atoms with Crippen molar-refractivity contribution in [2.24, 2.45) is 17.8 Å². The van der Waals surface area contributed by atoms with Crippen LogP contribution in [0.4, 0.5) is 0 Å². The average molecular weight is 476 g/mol. The Morgan fingerprint density at radius 1 is 1.15 bits per heavy atom. The highest BCUT2D eigenvalue weighted by Crippen LogP contribution is 2.36. The molecule has 9 heteroatoms. The summed E-state index contributed by atoms with van der Waals surface area (Å²) in [5, 5.41) is 11.6. The first kappa shape index (κ1) is 26.1. The van der Waals surface area contributed by atoms with Gasteiger partial charge in [0, 0.05) is 58.6 Å². The van der Waals surface area contributed by atoms with Crippen LogP contribution < -0.4 is 5.32 Å². The monoisotopic (exact) mass is 475 g/mol. The Morgan fingerprint density at radius 2 is 1.82 bits per heavy atom. The molecule has 1 aliphatic carbocycles. The zero-order valence-electron chi connectivity index (χ0n) is 20.0. The second-order valence-corrected chi connectivity index (χ2v) is 9.37. The second-order valence-electron chi connectivity index (χ2n) is 9.37. The van der Waals surface area contributed by atoms with Gasteiger partial charge in [0.15, 0.2) is 0 Å². The van der Waals surface area contributed by atoms with E-state index in [1.807, 2.05) is 12.1 Å². The maximum absolute atomic E-state index is 12.8. The van der Waals surface area contributed by atoms with Gasteiger partial charge in [-0.05, 0) is 55.6 Å². The summed E-state index contributed by atoms with van der Waals surface area (Å²) in [5.74, 6) is -0.303. The van der Waals surface area contributed by atoms with Crippen LogP contribution in [0.15, 0.2) is 24.5 Å². The highest BCUT2D eigenvalue weighted by Gasteiger charge is 2.42. The molecule has 9 nitrogen and oxygen atoms in total. The Balaban J connectivity index is 1.28. The zero-order chi connectivity index (χ0) is 24.3. The Labute approximate surface area is 201 Å². The molecular weight excluding hydrogens is 438 g/mol. The van der Waals surface area contributed by atoms with Crippen LogP contribution in [0.25, 0.3) is 0 Å². The number of carboxylic acid groups (broad SMARTS) is 1. The van der Waals surface area contributed by atoms with Crippen molar-refractivity contribution in [2.75, 3.05) is 40.0 Å². The van der Waals surface area contributed by atoms with Crippen LogP contribution in [0.3, 0.4) is 0 Å². The number of ether oxygens (including phenoxy) is 2. The third-order valence-corrected chi connectivity index (χ3v) is 6.85. The summed E-state index contributed by atoms with van der Waals surface area (Å²) in [4.78, 5) is 41.3. The molecule has 2 heterocycles. The largest absolute Gasteiger partial charge is 0.481 e. The molecule has 1 aliphatic heterocycles. The molecule has 188 valence electrons. The number of amides is 2. The lowest BCUT2D eigenvalue weighted by Crippen LogP contribution is -2.36. The summed E-state index contributed by atoms with van der Waals surface area (Å²) in [6.45, 7) is 2.78. The molecule has 2 atom stereocenters. The highest BCUT2D eigenvalue weighted by molar-refractivity contribution is 5.90. The number of nitrogens with zero attached hydrogens (tertiary/aromatic N) is 2. The lowest BCUT2D eigenvalue weighted by molar-refractivity contribution is -0.137. The van der Waals surface area contributed by atoms with Gasteiger partial charge in [-0.1, -0.05) is 6.07 Å². The Hall–Kier alpha value is -2.52. The summed E-state index contributed by atoms with van der Waals surface area (Å²) in [5.41, 5.74) is 0.869. The van der Waals surface area contributed by atoms with Gasteiger partial charge >= 0.3 is 5.97 Å². The molecule has 0 spiro atoms. The minimum atomic E-state index is -0.779. The van der Waals surface area contributed by atoms with Crippen molar-refractivity contribution < 1.29 is 29.0 Å². The molecule has 1 aromatic rings. The first-order chi connectivity index (χ1) is 16.5. The SMILES string of the molecule is CN1C(=O)C[C@H](C(=O)NCCOC[C@H]2CC[C@@H](COCCCC(=O)O)CC2)[C@H]1c1cccnc1. The molecule has 2 aliphatic rings. The van der Waals surface area contributed by atoms with Gasteiger partial charge in [0.2, 0.25) is 11.8 Å². The number of likely N-dealkylation sites (tertiary alicyclic amines) is 1. The molecule has 1 saturated carbocycles. The fourth-order valence-corrected chi connectivity index (χ4v) is 4.88. The van der Waals surface area contributed by atoms with Gasteiger partial charge in [-0.3, -0.25) is 19.4 Å². The maximum Gasteiger partial charge on any atom is 0.303 e. The van der Waals surface area contributed by atoms with Crippen LogP contribution in [0.5, 0.6) is 0 Å². The van der Waals surface area contributed by atoms with Crippen LogP contribution in [0.2, 0.25) is 0 Å². The predicted molar refractivity (Wildman–Crippen MR) is 125 cm³/mol. The molecule has 1 saturated heterocycles. The number of hydrogen-bond acceptors (Lipinski definition) is 6. The van der Waals surface area contributed by atoms with E-state index in [4.69, 9.17) is 14.6 Å². The first-order valence-electron chi connectivity index (χ1n) is 12.3. The lowest BCUT2D eigenvalue weighted by atomic mass is 9.83. The van der Waals surface area contributed by atoms with Gasteiger partial charge in [0.25, 0.3) is 0 Å². The third kappa shape index (κ3) is 7.77. The van der Waals surface area contributed by atoms with Crippen LogP contribution in [-0.2, 0) is 23.9 Å². The summed E-state index contributed by atoms with van der Waals surface area (Å²) in [6.07, 6.45) is 8.71. The second kappa shape index (κ2) is 13.4. The number of carboxylic acids is 1. The number of pyridine rings is 1. The first-order valence-corrected chi connectivity index (χ1v) is 12.3. The van der Waals surface area contributed by atoms with Crippen molar-refractivity contribution in [1.82, 2.24) is 15.2 Å². The molecular formula is C25H37N3O6. The molecule has 0 bridgehead atoms. The number of aliphatic carboxylic acids is 1. The molecule has 34 heavy (non-hydrogen) atoms. The van der Waals surface area contributed by atoms with E-state index >= 15 is 0 Å². The molecule has 3 rings (SSSR count). The van der Waals surface area contributed by atoms with Crippen molar-refractivity contribution in [3.05, 3.63) is 30.1 Å². The van der Waals surface area contributed by atoms with Crippen molar-refractivity contribution in [2.45, 2.75) is 51.0 Å². The van der Waals surface area contributed by atoms with E-state index in [2.05, 4.69) is 10.3 Å². The van der Waals surface area contributed by atoms with E-state index in [-0.39, 0.29) is 30.7 Å². The van der Waals surface area contributed by atoms with Crippen molar-refractivity contribution in [1.29, 1.82) is 0 Å². The standard InChI is InChI=1S/C25H37N3O6/c1-28-22(29)14-21(24(28)20-4-2-10-26-15-20)25(32)27-11-13-34-17-19-8-6-18(7-9-19)16-33-12-3-5-23(30)31/h2,4,10,15,18-19,21,24H,3,5-9,11-14,16-17H2,1H3,(H,27,32)(H,30,31)/t18-,19+,21-,24+/m0/s1. The zero-order valence-corrected chi connectivity index (χ0v) is 20.0. The fraction of sp³-hybridized carbons (Fsp3) is 0.680. The van der Waals surface area contributed by atoms with Crippen molar-refractivity contribution in [3.8, 4) is 0 Å². The average Bonchev–Trinajstić information content (AvgIpc) is 3.14. The van der Waals surface area contributed by atoms with E-state index in [1.165, 1.54) is 0 Å². The minimum absolute atomic E-state index is 0.0356. The number of nitrogens with one attached hydrogen (secondary N) is 1. The van der Waals surface area contributed by atoms with Crippen molar-refractivity contribution >= 4 is 17.8 Å². The van der Waals surface area contributed by atoms with Gasteiger partial charge in [-0.15, -0.1) is 0 Å². The van der Waals surface area contributed by atoms with Gasteiger partial charge in [-0.2, -0.15) is 0 Å². The normalized spacial score (nSPS) is 24.9. The Kier molecular flexibility index (Phi) is 10.3. The number of carbonyl (C=O) groups excluding carboxylic acids is 2. The Morgan fingerprint density at radius 3 is 2.44 bits per heavy atom. The summed E-state index contributed by atoms with van der Waals surface area (Å²) in [7, 11) is 1.73. The van der Waals surface area contributed by atoms with E-state index in [0.29, 0.717) is 51.2 Å². The molecule has 2 N–H and O–H groups in total. The molecule has 1 aromatic heterocycles. The van der Waals surface area contributed by atoms with Crippen LogP contribution in [-0.4, -0.2) is 72.8 Å². The minimum Gasteiger partial charge on any atom is -0.481 e. The van der Waals surface area contributed by atoms with Crippen LogP contribution in [0, 0.1) is 17.8 Å². The van der Waals surface area contributed by atoms with Gasteiger partial charge in [-0.25, -0.2) is 0 Å². The molecule has 0 aromatic carbocycles. The molecule has 0 unspecified atom stereocenters. The van der Waals surface area contributed by atoms with E-state index in [0.717, 1.165) is 31.2 Å². The number of hydrogen-bond donors (Lipinski definition) is 2. The van der Waals surface area contributed by atoms with Gasteiger partial charge in [0.1, 0.15) is 0 Å². The van der Waals surface area contributed by atoms with E-state index in [1.54, 1.807) is 24.3 Å². The van der Waals surface area contributed by atoms with Gasteiger partial charge < -0.3 is 24.8 Å². The fourth-order valence-electron chi connectivity index (χ4n) is 4.88. The molecule has 2 amide bonds. The summed E-state index contributed by atoms with van der Waals surface area (Å²) >= 11 is 0. The number of rotatable bonds is 13. The summed E-state index contributed by atoms with van der Waals surface area (Å²) < 4.78 is 11.4. The lowest BCUT2D eigenvalue weighted by Gasteiger charge is -2.28. The smallest absolute Gasteiger partial charge is 0.303 e. The van der Waals surface area contributed by atoms with E-state index < -0.39 is 11.9 Å². The quantitative estimate of drug-likeness (QED) is 0.421. The van der Waals surface area contributed by atoms with Crippen LogP contribution >= 0.6 is 0 Å². The highest BCUT2D eigenvalue weighted by atomic mass is 16.5. The maximum atomic E-state index is 12.8. The van der Waals surface area contributed by atoms with Crippen molar-refractivity contribution in [3.63, 3.8) is 0 Å². The third-order valence-electron chi connectivity index (χ3n) is 6.85. The molecule has 2 fully saturated rings. The summed E-state index contributed by atoms with van der Waals surface area (Å²) in [6, 6.07) is 3.42.